The van der Waals surface area contributed by atoms with E-state index in [1.54, 1.807) is 0 Å². The molecule has 1 aromatic heterocycles. The molecule has 0 unspecified atom stereocenters. The van der Waals surface area contributed by atoms with E-state index < -0.39 is 6.17 Å². The Morgan fingerprint density at radius 3 is 2.68 bits per heavy atom. The molecule has 38 heavy (non-hydrogen) atoms. The number of ether oxygens (including phenoxy) is 2. The van der Waals surface area contributed by atoms with Crippen molar-refractivity contribution in [1.82, 2.24) is 4.98 Å². The number of rotatable bonds is 4. The summed E-state index contributed by atoms with van der Waals surface area (Å²) in [6.45, 7) is 6.55. The predicted molar refractivity (Wildman–Crippen MR) is 150 cm³/mol. The van der Waals surface area contributed by atoms with Gasteiger partial charge in [-0.2, -0.15) is 0 Å². The molecule has 1 fully saturated rings. The van der Waals surface area contributed by atoms with E-state index in [0.717, 1.165) is 22.5 Å². The molecule has 0 amide bonds. The molecule has 0 bridgehead atoms. The lowest BCUT2D eigenvalue weighted by Crippen LogP contribution is -2.37. The van der Waals surface area contributed by atoms with Crippen LogP contribution in [0.1, 0.15) is 22.4 Å². The number of aliphatic imine (C=N–C) groups is 2. The number of nitrogens with one attached hydrogen (secondary N) is 2. The number of aromatic nitrogens is 1. The molecule has 2 aliphatic rings. The first-order valence-corrected chi connectivity index (χ1v) is 12.1. The maximum absolute atomic E-state index is 8.61. The lowest BCUT2D eigenvalue weighted by atomic mass is 10.0. The molecule has 0 aliphatic carbocycles. The summed E-state index contributed by atoms with van der Waals surface area (Å²) >= 11 is 0. The largest absolute Gasteiger partial charge is 0.405 e. The minimum atomic E-state index is -0.791. The Balaban J connectivity index is 1.44. The topological polar surface area (TPSA) is 121 Å². The van der Waals surface area contributed by atoms with Gasteiger partial charge in [-0.1, -0.05) is 61.0 Å². The first-order valence-electron chi connectivity index (χ1n) is 12.1. The summed E-state index contributed by atoms with van der Waals surface area (Å²) < 4.78 is 11.1. The fourth-order valence-corrected chi connectivity index (χ4v) is 4.29. The normalized spacial score (nSPS) is 17.4. The average molecular weight is 506 g/mol. The molecule has 190 valence electrons. The molecule has 1 atom stereocenters. The number of benzene rings is 2. The highest BCUT2D eigenvalue weighted by atomic mass is 16.5. The first kappa shape index (κ1) is 24.7. The highest BCUT2D eigenvalue weighted by Crippen LogP contribution is 2.27. The van der Waals surface area contributed by atoms with Crippen molar-refractivity contribution in [2.24, 2.45) is 15.7 Å². The molecule has 3 aromatic rings. The second kappa shape index (κ2) is 11.0. The van der Waals surface area contributed by atoms with Crippen molar-refractivity contribution in [1.29, 1.82) is 5.41 Å². The average Bonchev–Trinajstić information content (AvgIpc) is 3.09. The Bertz CT molecular complexity index is 1470. The smallest absolute Gasteiger partial charge is 0.291 e. The van der Waals surface area contributed by atoms with Crippen LogP contribution < -0.4 is 16.0 Å². The van der Waals surface area contributed by atoms with E-state index in [-0.39, 0.29) is 11.9 Å². The van der Waals surface area contributed by atoms with E-state index in [9.17, 15) is 0 Å². The summed E-state index contributed by atoms with van der Waals surface area (Å²) in [4.78, 5) is 15.8. The van der Waals surface area contributed by atoms with E-state index in [2.05, 4.69) is 32.7 Å². The van der Waals surface area contributed by atoms with Crippen molar-refractivity contribution in [2.75, 3.05) is 36.5 Å². The summed E-state index contributed by atoms with van der Waals surface area (Å²) in [5, 5.41) is 11.9. The predicted octanol–water partition coefficient (Wildman–Crippen LogP) is 3.36. The fraction of sp³-hybridized carbons (Fsp3) is 0.172. The standard InChI is InChI=1S/C29H27N7O2/c1-3-20-17-24(36-13-15-37-16-14-36)26(32-18-20)27(30)38-29(31)35-28-19(2)33-23-12-8-7-11-22(23)25(34-28)21-9-5-4-6-10-21/h1,4-12,17-18,28,30,33H,2,13-16H2,(H2,31,35)/t28-/m1/s1. The molecule has 9 heteroatoms. The van der Waals surface area contributed by atoms with Gasteiger partial charge in [0.25, 0.3) is 6.02 Å². The van der Waals surface area contributed by atoms with Gasteiger partial charge < -0.3 is 25.4 Å². The van der Waals surface area contributed by atoms with Crippen molar-refractivity contribution in [3.05, 3.63) is 102 Å². The number of anilines is 2. The van der Waals surface area contributed by atoms with E-state index >= 15 is 0 Å². The van der Waals surface area contributed by atoms with Crippen LogP contribution in [0.5, 0.6) is 0 Å². The summed E-state index contributed by atoms with van der Waals surface area (Å²) in [7, 11) is 0. The van der Waals surface area contributed by atoms with Crippen LogP contribution >= 0.6 is 0 Å². The molecular formula is C29H27N7O2. The van der Waals surface area contributed by atoms with Gasteiger partial charge in [-0.3, -0.25) is 10.4 Å². The van der Waals surface area contributed by atoms with Gasteiger partial charge in [-0.05, 0) is 12.1 Å². The van der Waals surface area contributed by atoms with Gasteiger partial charge in [0.2, 0.25) is 5.90 Å². The zero-order valence-corrected chi connectivity index (χ0v) is 20.7. The number of amidine groups is 1. The summed E-state index contributed by atoms with van der Waals surface area (Å²) in [5.74, 6) is 2.34. The molecule has 0 spiro atoms. The maximum Gasteiger partial charge on any atom is 0.291 e. The maximum atomic E-state index is 8.61. The Hall–Kier alpha value is -4.94. The number of benzodiazepines with no additional fused rings is 1. The summed E-state index contributed by atoms with van der Waals surface area (Å²) in [6, 6.07) is 19.2. The molecule has 0 radical (unpaired) electrons. The summed E-state index contributed by atoms with van der Waals surface area (Å²) in [5.41, 5.74) is 11.7. The van der Waals surface area contributed by atoms with Gasteiger partial charge in [0.1, 0.15) is 5.69 Å². The number of hydrogen-bond donors (Lipinski definition) is 3. The van der Waals surface area contributed by atoms with Crippen LogP contribution in [-0.4, -0.2) is 55.1 Å². The molecular weight excluding hydrogens is 478 g/mol. The number of fused-ring (bicyclic) bond motifs is 1. The summed E-state index contributed by atoms with van der Waals surface area (Å²) in [6.07, 6.45) is 6.32. The SMILES string of the molecule is C#Cc1cnc(C(=N)OC(N)=N[C@H]2N=C(c3ccccc3)c3ccccc3NC2=C)c(N2CCOCC2)c1. The highest BCUT2D eigenvalue weighted by molar-refractivity contribution is 6.16. The van der Waals surface area contributed by atoms with Crippen LogP contribution in [-0.2, 0) is 9.47 Å². The number of pyridine rings is 1. The van der Waals surface area contributed by atoms with Crippen LogP contribution in [0, 0.1) is 17.8 Å². The number of para-hydroxylation sites is 1. The van der Waals surface area contributed by atoms with E-state index in [1.165, 1.54) is 6.20 Å². The minimum Gasteiger partial charge on any atom is -0.405 e. The second-order valence-electron chi connectivity index (χ2n) is 8.65. The second-order valence-corrected chi connectivity index (χ2v) is 8.65. The number of morpholine rings is 1. The van der Waals surface area contributed by atoms with Crippen molar-refractivity contribution >= 4 is 29.0 Å². The van der Waals surface area contributed by atoms with E-state index in [1.807, 2.05) is 60.7 Å². The van der Waals surface area contributed by atoms with Gasteiger partial charge in [0, 0.05) is 41.7 Å². The molecule has 0 saturated carbocycles. The van der Waals surface area contributed by atoms with Gasteiger partial charge in [0.05, 0.1) is 30.3 Å². The molecule has 9 nitrogen and oxygen atoms in total. The Labute approximate surface area is 221 Å². The van der Waals surface area contributed by atoms with Crippen LogP contribution in [0.25, 0.3) is 0 Å². The van der Waals surface area contributed by atoms with Crippen molar-refractivity contribution < 1.29 is 9.47 Å². The van der Waals surface area contributed by atoms with Crippen LogP contribution in [0.15, 0.2) is 89.1 Å². The van der Waals surface area contributed by atoms with Gasteiger partial charge in [-0.15, -0.1) is 6.42 Å². The number of hydrogen-bond acceptors (Lipinski definition) is 8. The number of nitrogens with two attached hydrogens (primary N) is 1. The van der Waals surface area contributed by atoms with Crippen molar-refractivity contribution in [3.8, 4) is 12.3 Å². The molecule has 2 aliphatic heterocycles. The molecule has 2 aromatic carbocycles. The zero-order valence-electron chi connectivity index (χ0n) is 20.7. The minimum absolute atomic E-state index is 0.235. The van der Waals surface area contributed by atoms with Gasteiger partial charge in [-0.25, -0.2) is 9.98 Å². The molecule has 5 rings (SSSR count). The van der Waals surface area contributed by atoms with E-state index in [4.69, 9.17) is 32.0 Å². The van der Waals surface area contributed by atoms with Crippen molar-refractivity contribution in [2.45, 2.75) is 6.17 Å². The number of nitrogens with zero attached hydrogens (tertiary/aromatic N) is 4. The third-order valence-electron chi connectivity index (χ3n) is 6.14. The third kappa shape index (κ3) is 5.26. The van der Waals surface area contributed by atoms with Crippen LogP contribution in [0.2, 0.25) is 0 Å². The fourth-order valence-electron chi connectivity index (χ4n) is 4.29. The third-order valence-corrected chi connectivity index (χ3v) is 6.14. The van der Waals surface area contributed by atoms with E-state index in [0.29, 0.717) is 48.9 Å². The zero-order chi connectivity index (χ0) is 26.5. The van der Waals surface area contributed by atoms with Gasteiger partial charge >= 0.3 is 0 Å². The molecule has 4 N–H and O–H groups in total. The highest BCUT2D eigenvalue weighted by Gasteiger charge is 2.24. The van der Waals surface area contributed by atoms with Gasteiger partial charge in [0.15, 0.2) is 6.17 Å². The first-order chi connectivity index (χ1) is 18.5. The van der Waals surface area contributed by atoms with Crippen LogP contribution in [0.4, 0.5) is 11.4 Å². The molecule has 3 heterocycles. The molecule has 1 saturated heterocycles. The lowest BCUT2D eigenvalue weighted by molar-refractivity contribution is 0.122. The van der Waals surface area contributed by atoms with Crippen molar-refractivity contribution in [3.63, 3.8) is 0 Å². The quantitative estimate of drug-likeness (QED) is 0.284. The van der Waals surface area contributed by atoms with Crippen LogP contribution in [0.3, 0.4) is 0 Å². The Morgan fingerprint density at radius 1 is 1.18 bits per heavy atom. The lowest BCUT2D eigenvalue weighted by Gasteiger charge is -2.30. The Morgan fingerprint density at radius 2 is 1.92 bits per heavy atom. The monoisotopic (exact) mass is 505 g/mol. The Kier molecular flexibility index (Phi) is 7.15. The number of terminal acetylenes is 1.